The summed E-state index contributed by atoms with van der Waals surface area (Å²) in [7, 11) is 0. The molecule has 7 heteroatoms. The van der Waals surface area contributed by atoms with Crippen LogP contribution in [0.2, 0.25) is 0 Å². The van der Waals surface area contributed by atoms with Gasteiger partial charge in [0.05, 0.1) is 4.91 Å². The van der Waals surface area contributed by atoms with Crippen molar-refractivity contribution >= 4 is 45.8 Å². The molecule has 0 radical (unpaired) electrons. The number of fused-ring (bicyclic) bond motifs is 1. The van der Waals surface area contributed by atoms with Crippen molar-refractivity contribution in [1.82, 2.24) is 14.4 Å². The molecular formula is C21H23N3O3S. The van der Waals surface area contributed by atoms with Crippen LogP contribution in [-0.2, 0) is 16.1 Å². The Balaban J connectivity index is 1.97. The SMILES string of the molecule is C=CCN1C(=O)S/C(=C\c2cn(CC(=O)N(CC)CC)c3ccccc23)C1=O. The zero-order valence-electron chi connectivity index (χ0n) is 16.1. The number of aromatic nitrogens is 1. The molecule has 0 saturated carbocycles. The molecule has 6 nitrogen and oxygen atoms in total. The van der Waals surface area contributed by atoms with Crippen LogP contribution in [0.25, 0.3) is 17.0 Å². The summed E-state index contributed by atoms with van der Waals surface area (Å²) in [5.74, 6) is -0.269. The van der Waals surface area contributed by atoms with Crippen molar-refractivity contribution in [3.8, 4) is 0 Å². The summed E-state index contributed by atoms with van der Waals surface area (Å²) in [6.07, 6.45) is 5.13. The zero-order chi connectivity index (χ0) is 20.3. The quantitative estimate of drug-likeness (QED) is 0.528. The average Bonchev–Trinajstić information content (AvgIpc) is 3.16. The van der Waals surface area contributed by atoms with Gasteiger partial charge < -0.3 is 9.47 Å². The number of para-hydroxylation sites is 1. The van der Waals surface area contributed by atoms with Crippen molar-refractivity contribution in [3.63, 3.8) is 0 Å². The Hall–Kier alpha value is -2.80. The van der Waals surface area contributed by atoms with Gasteiger partial charge in [0.25, 0.3) is 11.1 Å². The van der Waals surface area contributed by atoms with E-state index in [-0.39, 0.29) is 30.1 Å². The van der Waals surface area contributed by atoms with E-state index >= 15 is 0 Å². The van der Waals surface area contributed by atoms with Crippen LogP contribution in [0.15, 0.2) is 48.0 Å². The molecule has 1 aliphatic rings. The van der Waals surface area contributed by atoms with Crippen LogP contribution in [0.3, 0.4) is 0 Å². The highest BCUT2D eigenvalue weighted by Gasteiger charge is 2.34. The third kappa shape index (κ3) is 3.75. The average molecular weight is 398 g/mol. The van der Waals surface area contributed by atoms with Crippen LogP contribution in [0.1, 0.15) is 19.4 Å². The first-order valence-corrected chi connectivity index (χ1v) is 10.0. The Morgan fingerprint density at radius 3 is 2.61 bits per heavy atom. The lowest BCUT2D eigenvalue weighted by Gasteiger charge is -2.19. The summed E-state index contributed by atoms with van der Waals surface area (Å²) in [6, 6.07) is 7.74. The van der Waals surface area contributed by atoms with Gasteiger partial charge in [0.2, 0.25) is 5.91 Å². The Kier molecular flexibility index (Phi) is 6.04. The number of nitrogens with zero attached hydrogens (tertiary/aromatic N) is 3. The van der Waals surface area contributed by atoms with Crippen LogP contribution in [0.5, 0.6) is 0 Å². The summed E-state index contributed by atoms with van der Waals surface area (Å²) in [5.41, 5.74) is 1.73. The molecule has 0 bridgehead atoms. The fourth-order valence-electron chi connectivity index (χ4n) is 3.27. The highest BCUT2D eigenvalue weighted by Crippen LogP contribution is 2.34. The highest BCUT2D eigenvalue weighted by molar-refractivity contribution is 8.18. The van der Waals surface area contributed by atoms with E-state index in [1.807, 2.05) is 48.9 Å². The first-order chi connectivity index (χ1) is 13.5. The smallest absolute Gasteiger partial charge is 0.293 e. The van der Waals surface area contributed by atoms with Crippen molar-refractivity contribution < 1.29 is 14.4 Å². The number of amides is 3. The van der Waals surface area contributed by atoms with Crippen LogP contribution in [0.4, 0.5) is 4.79 Å². The van der Waals surface area contributed by atoms with E-state index < -0.39 is 0 Å². The number of carbonyl (C=O) groups excluding carboxylic acids is 3. The van der Waals surface area contributed by atoms with Crippen molar-refractivity contribution in [3.05, 3.63) is 53.6 Å². The molecule has 3 rings (SSSR count). The third-order valence-electron chi connectivity index (χ3n) is 4.71. The molecule has 1 aliphatic heterocycles. The molecule has 0 spiro atoms. The molecule has 1 aromatic heterocycles. The number of rotatable bonds is 7. The maximum absolute atomic E-state index is 12.6. The number of likely N-dealkylation sites (N-methyl/N-ethyl adjacent to an activating group) is 1. The highest BCUT2D eigenvalue weighted by atomic mass is 32.2. The Labute approximate surface area is 168 Å². The predicted octanol–water partition coefficient (Wildman–Crippen LogP) is 3.73. The minimum Gasteiger partial charge on any atom is -0.342 e. The molecule has 1 aromatic carbocycles. The standard InChI is InChI=1S/C21H23N3O3S/c1-4-11-24-20(26)18(28-21(24)27)12-15-13-23(14-19(25)22(5-2)6-3)17-10-8-7-9-16(15)17/h4,7-10,12-13H,1,5-6,11,14H2,2-3H3/b18-12-. The monoisotopic (exact) mass is 397 g/mol. The van der Waals surface area contributed by atoms with Gasteiger partial charge in [-0.3, -0.25) is 19.3 Å². The third-order valence-corrected chi connectivity index (χ3v) is 5.62. The molecular weight excluding hydrogens is 374 g/mol. The summed E-state index contributed by atoms with van der Waals surface area (Å²) < 4.78 is 1.90. The summed E-state index contributed by atoms with van der Waals surface area (Å²) in [5, 5.41) is 0.641. The maximum atomic E-state index is 12.6. The second-order valence-electron chi connectivity index (χ2n) is 6.38. The molecule has 1 fully saturated rings. The minimum absolute atomic E-state index is 0.0450. The number of benzene rings is 1. The number of hydrogen-bond donors (Lipinski definition) is 0. The van der Waals surface area contributed by atoms with Crippen molar-refractivity contribution in [2.24, 2.45) is 0 Å². The second kappa shape index (κ2) is 8.48. The summed E-state index contributed by atoms with van der Waals surface area (Å²) in [4.78, 5) is 40.4. The van der Waals surface area contributed by atoms with E-state index in [2.05, 4.69) is 6.58 Å². The first kappa shape index (κ1) is 19.9. The van der Waals surface area contributed by atoms with E-state index in [0.717, 1.165) is 28.2 Å². The van der Waals surface area contributed by atoms with E-state index in [0.29, 0.717) is 18.0 Å². The number of imide groups is 1. The van der Waals surface area contributed by atoms with Crippen molar-refractivity contribution in [1.29, 1.82) is 0 Å². The maximum Gasteiger partial charge on any atom is 0.293 e. The zero-order valence-corrected chi connectivity index (χ0v) is 16.9. The Morgan fingerprint density at radius 1 is 1.21 bits per heavy atom. The van der Waals surface area contributed by atoms with Gasteiger partial charge in [-0.25, -0.2) is 0 Å². The van der Waals surface area contributed by atoms with Gasteiger partial charge in [-0.15, -0.1) is 6.58 Å². The topological polar surface area (TPSA) is 62.6 Å². The Bertz CT molecular complexity index is 972. The molecule has 3 amide bonds. The lowest BCUT2D eigenvalue weighted by molar-refractivity contribution is -0.131. The van der Waals surface area contributed by atoms with Crippen molar-refractivity contribution in [2.45, 2.75) is 20.4 Å². The number of carbonyl (C=O) groups is 3. The molecule has 0 N–H and O–H groups in total. The van der Waals surface area contributed by atoms with Gasteiger partial charge in [-0.1, -0.05) is 24.3 Å². The van der Waals surface area contributed by atoms with Gasteiger partial charge in [0.15, 0.2) is 0 Å². The molecule has 1 saturated heterocycles. The van der Waals surface area contributed by atoms with E-state index in [1.54, 1.807) is 11.0 Å². The molecule has 2 aromatic rings. The van der Waals surface area contributed by atoms with Crippen LogP contribution >= 0.6 is 11.8 Å². The minimum atomic E-state index is -0.314. The van der Waals surface area contributed by atoms with Gasteiger partial charge in [0.1, 0.15) is 6.54 Å². The van der Waals surface area contributed by atoms with E-state index in [1.165, 1.54) is 11.0 Å². The lowest BCUT2D eigenvalue weighted by Crippen LogP contribution is -2.33. The predicted molar refractivity (Wildman–Crippen MR) is 113 cm³/mol. The Morgan fingerprint density at radius 2 is 1.93 bits per heavy atom. The van der Waals surface area contributed by atoms with Gasteiger partial charge in [-0.2, -0.15) is 0 Å². The summed E-state index contributed by atoms with van der Waals surface area (Å²) in [6.45, 7) is 9.26. The fraction of sp³-hybridized carbons (Fsp3) is 0.286. The lowest BCUT2D eigenvalue weighted by atomic mass is 10.1. The fourth-order valence-corrected chi connectivity index (χ4v) is 4.11. The van der Waals surface area contributed by atoms with Gasteiger partial charge in [0, 0.05) is 42.3 Å². The van der Waals surface area contributed by atoms with E-state index in [9.17, 15) is 14.4 Å². The molecule has 28 heavy (non-hydrogen) atoms. The normalized spacial score (nSPS) is 15.6. The number of thioether (sulfide) groups is 1. The summed E-state index contributed by atoms with van der Waals surface area (Å²) >= 11 is 0.927. The second-order valence-corrected chi connectivity index (χ2v) is 7.37. The molecule has 0 atom stereocenters. The molecule has 2 heterocycles. The van der Waals surface area contributed by atoms with Crippen molar-refractivity contribution in [2.75, 3.05) is 19.6 Å². The van der Waals surface area contributed by atoms with Gasteiger partial charge in [-0.05, 0) is 37.8 Å². The molecule has 146 valence electrons. The molecule has 0 aliphatic carbocycles. The van der Waals surface area contributed by atoms with Gasteiger partial charge >= 0.3 is 0 Å². The van der Waals surface area contributed by atoms with Crippen LogP contribution in [-0.4, -0.2) is 51.1 Å². The van der Waals surface area contributed by atoms with Crippen LogP contribution in [0, 0.1) is 0 Å². The van der Waals surface area contributed by atoms with E-state index in [4.69, 9.17) is 0 Å². The molecule has 0 unspecified atom stereocenters. The first-order valence-electron chi connectivity index (χ1n) is 9.22. The largest absolute Gasteiger partial charge is 0.342 e. The van der Waals surface area contributed by atoms with Crippen LogP contribution < -0.4 is 0 Å². The number of hydrogen-bond acceptors (Lipinski definition) is 4.